The predicted octanol–water partition coefficient (Wildman–Crippen LogP) is 7.08. The zero-order chi connectivity index (χ0) is 26.9. The van der Waals surface area contributed by atoms with E-state index in [0.29, 0.717) is 10.8 Å². The van der Waals surface area contributed by atoms with Crippen LogP contribution in [0.4, 0.5) is 17.1 Å². The van der Waals surface area contributed by atoms with E-state index in [1.54, 1.807) is 42.5 Å². The number of methoxy groups -OCH3 is 1. The van der Waals surface area contributed by atoms with Crippen LogP contribution >= 0.6 is 23.2 Å². The smallest absolute Gasteiger partial charge is 0.297 e. The number of azo groups is 1. The van der Waals surface area contributed by atoms with Crippen molar-refractivity contribution in [2.75, 3.05) is 12.4 Å². The lowest BCUT2D eigenvalue weighted by Gasteiger charge is -2.14. The standard InChI is InChI=1S/C25H19Cl2N3O6S/c1-13-10-11-17(26)21(24(13)37(33,34)35)30-29-20-15-7-4-3-6-14(15)12-16(22(20)31)25(32)28-19-9-5-8-18(27)23(19)36-2/h3-12,31H,1-2H3,(H,28,32)(H,33,34,35). The van der Waals surface area contributed by atoms with E-state index in [2.05, 4.69) is 15.5 Å². The molecular formula is C25H19Cl2N3O6S. The first-order valence-corrected chi connectivity index (χ1v) is 12.8. The highest BCUT2D eigenvalue weighted by molar-refractivity contribution is 7.86. The molecule has 4 rings (SSSR count). The first kappa shape index (κ1) is 26.4. The number of hydrogen-bond acceptors (Lipinski definition) is 7. The molecule has 12 heteroatoms. The molecule has 1 amide bonds. The Morgan fingerprint density at radius 2 is 1.68 bits per heavy atom. The number of nitrogens with one attached hydrogen (secondary N) is 1. The number of amides is 1. The number of fused-ring (bicyclic) bond motifs is 1. The van der Waals surface area contributed by atoms with E-state index in [-0.39, 0.29) is 44.0 Å². The Labute approximate surface area is 222 Å². The number of hydrogen-bond donors (Lipinski definition) is 3. The molecule has 0 spiro atoms. The number of carbonyl (C=O) groups is 1. The first-order valence-electron chi connectivity index (χ1n) is 10.6. The number of rotatable bonds is 6. The number of halogens is 2. The van der Waals surface area contributed by atoms with E-state index < -0.39 is 26.7 Å². The zero-order valence-electron chi connectivity index (χ0n) is 19.4. The minimum atomic E-state index is -4.70. The van der Waals surface area contributed by atoms with Crippen LogP contribution in [-0.4, -0.2) is 31.1 Å². The van der Waals surface area contributed by atoms with E-state index in [1.165, 1.54) is 32.2 Å². The number of carbonyl (C=O) groups excluding carboxylic acids is 1. The van der Waals surface area contributed by atoms with Crippen LogP contribution in [0.3, 0.4) is 0 Å². The molecule has 0 atom stereocenters. The summed E-state index contributed by atoms with van der Waals surface area (Å²) in [6.07, 6.45) is 0. The van der Waals surface area contributed by atoms with Crippen molar-refractivity contribution in [3.63, 3.8) is 0 Å². The van der Waals surface area contributed by atoms with Gasteiger partial charge in [-0.25, -0.2) is 0 Å². The van der Waals surface area contributed by atoms with E-state index in [0.717, 1.165) is 0 Å². The van der Waals surface area contributed by atoms with Crippen LogP contribution in [0.1, 0.15) is 15.9 Å². The quantitative estimate of drug-likeness (QED) is 0.170. The summed E-state index contributed by atoms with van der Waals surface area (Å²) in [7, 11) is -3.29. The molecule has 0 aliphatic rings. The summed E-state index contributed by atoms with van der Waals surface area (Å²) in [6.45, 7) is 1.46. The molecule has 190 valence electrons. The molecule has 0 saturated heterocycles. The lowest BCUT2D eigenvalue weighted by Crippen LogP contribution is -2.13. The number of aryl methyl sites for hydroxylation is 1. The second kappa shape index (κ2) is 10.3. The predicted molar refractivity (Wildman–Crippen MR) is 142 cm³/mol. The van der Waals surface area contributed by atoms with Crippen molar-refractivity contribution >= 4 is 67.1 Å². The molecule has 0 radical (unpaired) electrons. The Morgan fingerprint density at radius 1 is 0.973 bits per heavy atom. The monoisotopic (exact) mass is 559 g/mol. The molecule has 0 bridgehead atoms. The third-order valence-corrected chi connectivity index (χ3v) is 7.08. The first-order chi connectivity index (χ1) is 17.5. The number of para-hydroxylation sites is 1. The number of phenolic OH excluding ortho intramolecular Hbond substituents is 1. The number of ether oxygens (including phenoxy) is 1. The van der Waals surface area contributed by atoms with E-state index >= 15 is 0 Å². The number of phenols is 1. The van der Waals surface area contributed by atoms with Gasteiger partial charge in [-0.2, -0.15) is 8.42 Å². The van der Waals surface area contributed by atoms with Gasteiger partial charge in [-0.1, -0.05) is 59.6 Å². The fourth-order valence-corrected chi connectivity index (χ4v) is 5.14. The molecule has 0 unspecified atom stereocenters. The van der Waals surface area contributed by atoms with E-state index in [4.69, 9.17) is 27.9 Å². The minimum absolute atomic E-state index is 0.0901. The molecule has 0 aliphatic carbocycles. The van der Waals surface area contributed by atoms with Crippen LogP contribution in [0.25, 0.3) is 10.8 Å². The van der Waals surface area contributed by atoms with Crippen LogP contribution in [0, 0.1) is 6.92 Å². The van der Waals surface area contributed by atoms with Gasteiger partial charge in [0.1, 0.15) is 16.3 Å². The van der Waals surface area contributed by atoms with Crippen LogP contribution in [-0.2, 0) is 10.1 Å². The molecule has 0 fully saturated rings. The highest BCUT2D eigenvalue weighted by Gasteiger charge is 2.23. The van der Waals surface area contributed by atoms with Gasteiger partial charge in [0, 0.05) is 5.39 Å². The van der Waals surface area contributed by atoms with Gasteiger partial charge < -0.3 is 15.2 Å². The van der Waals surface area contributed by atoms with Gasteiger partial charge >= 0.3 is 0 Å². The van der Waals surface area contributed by atoms with Crippen molar-refractivity contribution in [3.8, 4) is 11.5 Å². The van der Waals surface area contributed by atoms with E-state index in [9.17, 15) is 22.9 Å². The number of benzene rings is 4. The van der Waals surface area contributed by atoms with Crippen LogP contribution < -0.4 is 10.1 Å². The molecule has 0 saturated carbocycles. The van der Waals surface area contributed by atoms with Gasteiger partial charge in [0.05, 0.1) is 28.4 Å². The maximum absolute atomic E-state index is 13.2. The minimum Gasteiger partial charge on any atom is -0.505 e. The van der Waals surface area contributed by atoms with Crippen molar-refractivity contribution in [1.82, 2.24) is 0 Å². The summed E-state index contributed by atoms with van der Waals surface area (Å²) >= 11 is 12.3. The van der Waals surface area contributed by atoms with Gasteiger partial charge in [0.25, 0.3) is 16.0 Å². The molecule has 37 heavy (non-hydrogen) atoms. The van der Waals surface area contributed by atoms with Crippen molar-refractivity contribution in [1.29, 1.82) is 0 Å². The summed E-state index contributed by atoms with van der Waals surface area (Å²) in [5, 5.41) is 22.9. The summed E-state index contributed by atoms with van der Waals surface area (Å²) in [5.41, 5.74) is -0.0926. The van der Waals surface area contributed by atoms with Gasteiger partial charge in [-0.3, -0.25) is 9.35 Å². The summed E-state index contributed by atoms with van der Waals surface area (Å²) in [5.74, 6) is -0.963. The lowest BCUT2D eigenvalue weighted by molar-refractivity contribution is 0.102. The summed E-state index contributed by atoms with van der Waals surface area (Å²) < 4.78 is 38.9. The maximum atomic E-state index is 13.2. The van der Waals surface area contributed by atoms with Crippen molar-refractivity contribution in [2.45, 2.75) is 11.8 Å². The molecule has 9 nitrogen and oxygen atoms in total. The van der Waals surface area contributed by atoms with Crippen molar-refractivity contribution < 1.29 is 27.6 Å². The molecule has 4 aromatic carbocycles. The Kier molecular flexibility index (Phi) is 7.37. The molecule has 3 N–H and O–H groups in total. The fraction of sp³-hybridized carbons (Fsp3) is 0.0800. The van der Waals surface area contributed by atoms with Gasteiger partial charge in [0.2, 0.25) is 0 Å². The van der Waals surface area contributed by atoms with Crippen LogP contribution in [0.2, 0.25) is 10.0 Å². The molecular weight excluding hydrogens is 541 g/mol. The highest BCUT2D eigenvalue weighted by Crippen LogP contribution is 2.42. The maximum Gasteiger partial charge on any atom is 0.297 e. The van der Waals surface area contributed by atoms with Gasteiger partial charge in [0.15, 0.2) is 11.5 Å². The second-order valence-corrected chi connectivity index (χ2v) is 10.0. The second-order valence-electron chi connectivity index (χ2n) is 7.83. The Bertz CT molecular complexity index is 1690. The van der Waals surface area contributed by atoms with Crippen molar-refractivity contribution in [3.05, 3.63) is 81.8 Å². The Morgan fingerprint density at radius 3 is 2.38 bits per heavy atom. The fourth-order valence-electron chi connectivity index (χ4n) is 3.76. The van der Waals surface area contributed by atoms with E-state index in [1.807, 2.05) is 0 Å². The third kappa shape index (κ3) is 5.23. The topological polar surface area (TPSA) is 138 Å². The normalized spacial score (nSPS) is 11.7. The highest BCUT2D eigenvalue weighted by atomic mass is 35.5. The molecule has 4 aromatic rings. The Balaban J connectivity index is 1.87. The number of anilines is 1. The third-order valence-electron chi connectivity index (χ3n) is 5.45. The average Bonchev–Trinajstić information content (AvgIpc) is 2.84. The largest absolute Gasteiger partial charge is 0.505 e. The van der Waals surface area contributed by atoms with Gasteiger partial charge in [-0.15, -0.1) is 10.2 Å². The molecule has 0 aliphatic heterocycles. The van der Waals surface area contributed by atoms with Crippen LogP contribution in [0.5, 0.6) is 11.5 Å². The number of nitrogens with zero attached hydrogens (tertiary/aromatic N) is 2. The molecule has 0 aromatic heterocycles. The van der Waals surface area contributed by atoms with Crippen molar-refractivity contribution in [2.24, 2.45) is 10.2 Å². The zero-order valence-corrected chi connectivity index (χ0v) is 21.7. The summed E-state index contributed by atoms with van der Waals surface area (Å²) in [6, 6.07) is 15.9. The SMILES string of the molecule is COc1c(Cl)cccc1NC(=O)c1cc2ccccc2c(N=Nc2c(Cl)ccc(C)c2S(=O)(=O)O)c1O. The van der Waals surface area contributed by atoms with Crippen LogP contribution in [0.15, 0.2) is 75.8 Å². The Hall–Kier alpha value is -3.70. The number of aromatic hydroxyl groups is 1. The lowest BCUT2D eigenvalue weighted by atomic mass is 10.0. The summed E-state index contributed by atoms with van der Waals surface area (Å²) in [4.78, 5) is 12.7. The average molecular weight is 560 g/mol. The molecule has 0 heterocycles. The van der Waals surface area contributed by atoms with Gasteiger partial charge in [-0.05, 0) is 42.1 Å².